The fourth-order valence-corrected chi connectivity index (χ4v) is 3.28. The minimum Gasteiger partial charge on any atom is -0.480 e. The van der Waals surface area contributed by atoms with Gasteiger partial charge in [0, 0.05) is 6.42 Å². The number of benzene rings is 1. The van der Waals surface area contributed by atoms with E-state index in [1.165, 1.54) is 13.8 Å². The third kappa shape index (κ3) is 7.34. The standard InChI is InChI=1S/C21H30N4O6/c1-12(23-19(28)15-9-6-10-22-15)18(27)25-17(13(2)26)20(29)24-16(21(30)31)11-14-7-4-3-5-8-14/h3-5,7-8,12-13,15-17,22,26H,6,9-11H2,1-2H3,(H,23,28)(H,24,29)(H,25,27)(H,30,31). The van der Waals surface area contributed by atoms with Crippen molar-refractivity contribution in [3.8, 4) is 0 Å². The Kier molecular flexibility index (Phi) is 8.95. The molecule has 31 heavy (non-hydrogen) atoms. The van der Waals surface area contributed by atoms with Gasteiger partial charge in [-0.05, 0) is 38.8 Å². The first-order valence-corrected chi connectivity index (χ1v) is 10.3. The number of aliphatic hydroxyl groups excluding tert-OH is 1. The molecule has 1 aromatic carbocycles. The normalized spacial score (nSPS) is 19.5. The maximum atomic E-state index is 12.6. The predicted octanol–water partition coefficient (Wildman–Crippen LogP) is -1.08. The molecule has 0 bridgehead atoms. The van der Waals surface area contributed by atoms with Gasteiger partial charge in [-0.3, -0.25) is 14.4 Å². The minimum atomic E-state index is -1.38. The number of aliphatic hydroxyl groups is 1. The highest BCUT2D eigenvalue weighted by atomic mass is 16.4. The van der Waals surface area contributed by atoms with Crippen LogP contribution >= 0.6 is 0 Å². The topological polar surface area (TPSA) is 157 Å². The summed E-state index contributed by atoms with van der Waals surface area (Å²) in [5.41, 5.74) is 0.713. The van der Waals surface area contributed by atoms with Gasteiger partial charge >= 0.3 is 5.97 Å². The van der Waals surface area contributed by atoms with Crippen molar-refractivity contribution in [2.45, 2.75) is 63.4 Å². The Morgan fingerprint density at radius 3 is 2.29 bits per heavy atom. The van der Waals surface area contributed by atoms with E-state index in [4.69, 9.17) is 0 Å². The number of carboxylic acids is 1. The molecule has 6 N–H and O–H groups in total. The van der Waals surface area contributed by atoms with E-state index in [1.54, 1.807) is 30.3 Å². The molecule has 5 unspecified atom stereocenters. The molecule has 0 spiro atoms. The molecule has 1 aromatic rings. The highest BCUT2D eigenvalue weighted by Gasteiger charge is 2.32. The lowest BCUT2D eigenvalue weighted by atomic mass is 10.0. The van der Waals surface area contributed by atoms with Crippen LogP contribution in [0.15, 0.2) is 30.3 Å². The summed E-state index contributed by atoms with van der Waals surface area (Å²) in [7, 11) is 0. The summed E-state index contributed by atoms with van der Waals surface area (Å²) < 4.78 is 0. The molecule has 0 radical (unpaired) electrons. The molecule has 10 heteroatoms. The average Bonchev–Trinajstić information content (AvgIpc) is 3.26. The molecule has 1 aliphatic rings. The number of nitrogens with one attached hydrogen (secondary N) is 4. The van der Waals surface area contributed by atoms with Crippen LogP contribution in [-0.2, 0) is 25.6 Å². The van der Waals surface area contributed by atoms with Crippen LogP contribution in [0.5, 0.6) is 0 Å². The van der Waals surface area contributed by atoms with Crippen LogP contribution in [0.3, 0.4) is 0 Å². The van der Waals surface area contributed by atoms with Crippen molar-refractivity contribution < 1.29 is 29.4 Å². The molecule has 1 aliphatic heterocycles. The van der Waals surface area contributed by atoms with Crippen molar-refractivity contribution in [3.05, 3.63) is 35.9 Å². The second-order valence-corrected chi connectivity index (χ2v) is 7.70. The zero-order valence-electron chi connectivity index (χ0n) is 17.6. The highest BCUT2D eigenvalue weighted by molar-refractivity contribution is 5.94. The van der Waals surface area contributed by atoms with Crippen molar-refractivity contribution in [3.63, 3.8) is 0 Å². The van der Waals surface area contributed by atoms with Crippen LogP contribution in [0.4, 0.5) is 0 Å². The third-order valence-electron chi connectivity index (χ3n) is 5.09. The van der Waals surface area contributed by atoms with E-state index in [2.05, 4.69) is 21.3 Å². The summed E-state index contributed by atoms with van der Waals surface area (Å²) >= 11 is 0. The van der Waals surface area contributed by atoms with Crippen molar-refractivity contribution >= 4 is 23.7 Å². The second kappa shape index (κ2) is 11.4. The van der Waals surface area contributed by atoms with Gasteiger partial charge in [0.25, 0.3) is 0 Å². The maximum Gasteiger partial charge on any atom is 0.326 e. The number of carbonyl (C=O) groups excluding carboxylic acids is 3. The fourth-order valence-electron chi connectivity index (χ4n) is 3.28. The fraction of sp³-hybridized carbons (Fsp3) is 0.524. The van der Waals surface area contributed by atoms with E-state index in [0.717, 1.165) is 13.0 Å². The van der Waals surface area contributed by atoms with Crippen molar-refractivity contribution in [2.75, 3.05) is 6.54 Å². The van der Waals surface area contributed by atoms with Crippen LogP contribution in [0, 0.1) is 0 Å². The average molecular weight is 434 g/mol. The molecule has 2 rings (SSSR count). The molecule has 1 saturated heterocycles. The molecule has 0 aliphatic carbocycles. The zero-order valence-corrected chi connectivity index (χ0v) is 17.6. The van der Waals surface area contributed by atoms with E-state index in [1.807, 2.05) is 0 Å². The van der Waals surface area contributed by atoms with Crippen LogP contribution in [0.1, 0.15) is 32.3 Å². The molecule has 1 fully saturated rings. The first-order chi connectivity index (χ1) is 14.7. The Balaban J connectivity index is 1.97. The number of hydrogen-bond donors (Lipinski definition) is 6. The van der Waals surface area contributed by atoms with Gasteiger partial charge in [-0.2, -0.15) is 0 Å². The van der Waals surface area contributed by atoms with Gasteiger partial charge in [-0.25, -0.2) is 4.79 Å². The number of amides is 3. The second-order valence-electron chi connectivity index (χ2n) is 7.70. The monoisotopic (exact) mass is 434 g/mol. The van der Waals surface area contributed by atoms with Crippen molar-refractivity contribution in [1.82, 2.24) is 21.3 Å². The van der Waals surface area contributed by atoms with Gasteiger partial charge in [0.05, 0.1) is 12.1 Å². The van der Waals surface area contributed by atoms with Crippen LogP contribution in [-0.4, -0.2) is 70.7 Å². The van der Waals surface area contributed by atoms with E-state index >= 15 is 0 Å². The molecule has 1 heterocycles. The summed E-state index contributed by atoms with van der Waals surface area (Å²) in [6, 6.07) is 4.85. The summed E-state index contributed by atoms with van der Waals surface area (Å²) in [5, 5.41) is 29.8. The number of carboxylic acid groups (broad SMARTS) is 1. The van der Waals surface area contributed by atoms with Gasteiger partial charge in [0.1, 0.15) is 18.1 Å². The summed E-state index contributed by atoms with van der Waals surface area (Å²) in [6.45, 7) is 3.51. The number of aliphatic carboxylic acids is 1. The SMILES string of the molecule is CC(NC(=O)C1CCCN1)C(=O)NC(C(=O)NC(Cc1ccccc1)C(=O)O)C(C)O. The molecule has 10 nitrogen and oxygen atoms in total. The van der Waals surface area contributed by atoms with E-state index in [-0.39, 0.29) is 18.4 Å². The maximum absolute atomic E-state index is 12.6. The third-order valence-corrected chi connectivity index (χ3v) is 5.09. The largest absolute Gasteiger partial charge is 0.480 e. The van der Waals surface area contributed by atoms with Gasteiger partial charge in [-0.1, -0.05) is 30.3 Å². The lowest BCUT2D eigenvalue weighted by Crippen LogP contribution is -2.59. The lowest BCUT2D eigenvalue weighted by Gasteiger charge is -2.25. The molecule has 3 amide bonds. The van der Waals surface area contributed by atoms with Crippen molar-refractivity contribution in [2.24, 2.45) is 0 Å². The van der Waals surface area contributed by atoms with Crippen LogP contribution < -0.4 is 21.3 Å². The van der Waals surface area contributed by atoms with Gasteiger partial charge in [0.2, 0.25) is 17.7 Å². The molecule has 0 aromatic heterocycles. The Bertz CT molecular complexity index is 779. The molecule has 0 saturated carbocycles. The molecular weight excluding hydrogens is 404 g/mol. The van der Waals surface area contributed by atoms with Crippen molar-refractivity contribution in [1.29, 1.82) is 0 Å². The first kappa shape index (κ1) is 24.3. The summed E-state index contributed by atoms with van der Waals surface area (Å²) in [4.78, 5) is 48.9. The lowest BCUT2D eigenvalue weighted by molar-refractivity contribution is -0.143. The number of rotatable bonds is 10. The first-order valence-electron chi connectivity index (χ1n) is 10.3. The Labute approximate surface area is 180 Å². The minimum absolute atomic E-state index is 0.0449. The molecule has 5 atom stereocenters. The van der Waals surface area contributed by atoms with E-state index in [0.29, 0.717) is 12.0 Å². The van der Waals surface area contributed by atoms with Crippen LogP contribution in [0.25, 0.3) is 0 Å². The Morgan fingerprint density at radius 1 is 1.06 bits per heavy atom. The van der Waals surface area contributed by atoms with Gasteiger partial charge in [0.15, 0.2) is 0 Å². The van der Waals surface area contributed by atoms with E-state index in [9.17, 15) is 29.4 Å². The Morgan fingerprint density at radius 2 is 1.74 bits per heavy atom. The predicted molar refractivity (Wildman–Crippen MR) is 112 cm³/mol. The van der Waals surface area contributed by atoms with Gasteiger partial charge in [-0.15, -0.1) is 0 Å². The van der Waals surface area contributed by atoms with Crippen LogP contribution in [0.2, 0.25) is 0 Å². The van der Waals surface area contributed by atoms with Gasteiger partial charge < -0.3 is 31.5 Å². The molecule has 170 valence electrons. The highest BCUT2D eigenvalue weighted by Crippen LogP contribution is 2.06. The van der Waals surface area contributed by atoms with E-state index < -0.39 is 42.0 Å². The smallest absolute Gasteiger partial charge is 0.326 e. The number of carbonyl (C=O) groups is 4. The number of hydrogen-bond acceptors (Lipinski definition) is 6. The Hall–Kier alpha value is -2.98. The quantitative estimate of drug-likeness (QED) is 0.273. The summed E-state index contributed by atoms with van der Waals surface area (Å²) in [5.74, 6) is -3.05. The summed E-state index contributed by atoms with van der Waals surface area (Å²) in [6.07, 6.45) is 0.311. The zero-order chi connectivity index (χ0) is 23.0. The molecular formula is C21H30N4O6.